The molecule has 6 aromatic rings. The van der Waals surface area contributed by atoms with Crippen molar-refractivity contribution in [2.24, 2.45) is 0 Å². The van der Waals surface area contributed by atoms with Gasteiger partial charge in [0.2, 0.25) is 0 Å². The number of rotatable bonds is 4. The molecule has 10 rings (SSSR count). The highest BCUT2D eigenvalue weighted by atomic mass is 16.7. The summed E-state index contributed by atoms with van der Waals surface area (Å²) in [5, 5.41) is 134. The maximum atomic E-state index is 12.5. The van der Waals surface area contributed by atoms with E-state index in [1.165, 1.54) is 60.7 Å². The van der Waals surface area contributed by atoms with Gasteiger partial charge < -0.3 is 80.2 Å². The topological polar surface area (TPSA) is 280 Å². The van der Waals surface area contributed by atoms with Crippen LogP contribution in [-0.2, 0) is 12.2 Å². The van der Waals surface area contributed by atoms with Crippen LogP contribution in [0, 0.1) is 0 Å². The van der Waals surface area contributed by atoms with Gasteiger partial charge in [0.25, 0.3) is 0 Å². The summed E-state index contributed by atoms with van der Waals surface area (Å²) < 4.78 is 25.8. The standard InChI is InChI=1S/C45H36O16/c46-20-6-1-17(2-7-20)40-30(55)14-23-25(50)15-28(53)34(42(23)58-40)37-35-29(54)16-32-36(43(35)59-41(39(37)56)18-3-8-21(47)9-4-18)38-33-27(52)12-22(48)13-31(33)60-45(61-32,44(38)57)19-5-10-24(49)26(51)11-19/h1-13,15-16,30,37-41,44,46-57H,14H2. The summed E-state index contributed by atoms with van der Waals surface area (Å²) in [6.07, 6.45) is -7.41. The van der Waals surface area contributed by atoms with E-state index in [2.05, 4.69) is 0 Å². The van der Waals surface area contributed by atoms with Crippen molar-refractivity contribution in [3.05, 3.63) is 136 Å². The number of fused-ring (bicyclic) bond motifs is 9. The number of hydrogen-bond acceptors (Lipinski definition) is 16. The number of ether oxygens (including phenoxy) is 4. The molecule has 8 unspecified atom stereocenters. The van der Waals surface area contributed by atoms with Crippen LogP contribution in [0.3, 0.4) is 0 Å². The van der Waals surface area contributed by atoms with Gasteiger partial charge in [-0.15, -0.1) is 0 Å². The second kappa shape index (κ2) is 13.3. The molecule has 0 aliphatic carbocycles. The van der Waals surface area contributed by atoms with E-state index in [0.717, 1.165) is 30.3 Å². The summed E-state index contributed by atoms with van der Waals surface area (Å²) >= 11 is 0. The molecule has 0 saturated heterocycles. The minimum Gasteiger partial charge on any atom is -0.508 e. The Morgan fingerprint density at radius 2 is 1.03 bits per heavy atom. The number of aromatic hydroxyl groups is 9. The summed E-state index contributed by atoms with van der Waals surface area (Å²) in [6.45, 7) is 0. The maximum absolute atomic E-state index is 12.5. The van der Waals surface area contributed by atoms with Crippen LogP contribution < -0.4 is 18.9 Å². The predicted molar refractivity (Wildman–Crippen MR) is 209 cm³/mol. The van der Waals surface area contributed by atoms with Crippen molar-refractivity contribution in [3.63, 3.8) is 0 Å². The van der Waals surface area contributed by atoms with Gasteiger partial charge in [0.15, 0.2) is 17.6 Å². The molecule has 0 saturated carbocycles. The molecular formula is C45H36O16. The van der Waals surface area contributed by atoms with Gasteiger partial charge in [-0.3, -0.25) is 0 Å². The first-order valence-corrected chi connectivity index (χ1v) is 19.0. The molecule has 0 amide bonds. The lowest BCUT2D eigenvalue weighted by Gasteiger charge is -2.51. The average molecular weight is 833 g/mol. The van der Waals surface area contributed by atoms with Crippen molar-refractivity contribution in [3.8, 4) is 74.7 Å². The number of benzene rings is 6. The second-order valence-electron chi connectivity index (χ2n) is 15.6. The monoisotopic (exact) mass is 832 g/mol. The van der Waals surface area contributed by atoms with Gasteiger partial charge in [-0.25, -0.2) is 0 Å². The molecule has 6 aromatic carbocycles. The number of hydrogen-bond donors (Lipinski definition) is 12. The third-order valence-corrected chi connectivity index (χ3v) is 12.0. The second-order valence-corrected chi connectivity index (χ2v) is 15.6. The third kappa shape index (κ3) is 5.56. The fourth-order valence-corrected chi connectivity index (χ4v) is 9.22. The zero-order chi connectivity index (χ0) is 42.8. The largest absolute Gasteiger partial charge is 0.508 e. The molecule has 312 valence electrons. The number of phenols is 9. The molecule has 0 spiro atoms. The molecule has 4 aliphatic heterocycles. The number of phenolic OH excluding ortho intramolecular Hbond substituents is 9. The molecule has 61 heavy (non-hydrogen) atoms. The summed E-state index contributed by atoms with van der Waals surface area (Å²) in [6, 6.07) is 19.4. The first kappa shape index (κ1) is 37.8. The SMILES string of the molecule is Oc1ccc(C2Oc3c(c(O)cc(O)c3C3c4c(O)cc5c(c4OC(c4ccc(O)cc4)C3O)C3c4c(O)cc(O)cc4OC(c4ccc(O)c(O)c4)(O5)C3O)CC2O)cc1. The lowest BCUT2D eigenvalue weighted by Crippen LogP contribution is -2.57. The van der Waals surface area contributed by atoms with E-state index >= 15 is 0 Å². The Morgan fingerprint density at radius 1 is 0.459 bits per heavy atom. The predicted octanol–water partition coefficient (Wildman–Crippen LogP) is 4.83. The normalized spacial score (nSPS) is 25.6. The molecule has 0 radical (unpaired) electrons. The highest BCUT2D eigenvalue weighted by Gasteiger charge is 2.61. The Labute approximate surface area is 344 Å². The highest BCUT2D eigenvalue weighted by molar-refractivity contribution is 5.72. The van der Waals surface area contributed by atoms with E-state index in [4.69, 9.17) is 18.9 Å². The smallest absolute Gasteiger partial charge is 0.305 e. The van der Waals surface area contributed by atoms with Gasteiger partial charge in [-0.1, -0.05) is 24.3 Å². The maximum Gasteiger partial charge on any atom is 0.305 e. The van der Waals surface area contributed by atoms with Crippen molar-refractivity contribution in [2.75, 3.05) is 0 Å². The number of aliphatic hydroxyl groups excluding tert-OH is 3. The molecule has 12 N–H and O–H groups in total. The zero-order valence-corrected chi connectivity index (χ0v) is 31.4. The first-order valence-electron chi connectivity index (χ1n) is 19.0. The van der Waals surface area contributed by atoms with Crippen molar-refractivity contribution >= 4 is 0 Å². The molecule has 0 aromatic heterocycles. The molecule has 16 heteroatoms. The Morgan fingerprint density at radius 3 is 1.69 bits per heavy atom. The highest BCUT2D eigenvalue weighted by Crippen LogP contribution is 2.65. The third-order valence-electron chi connectivity index (χ3n) is 12.0. The Hall–Kier alpha value is -7.40. The first-order chi connectivity index (χ1) is 29.1. The molecule has 16 nitrogen and oxygen atoms in total. The Kier molecular flexibility index (Phi) is 8.25. The van der Waals surface area contributed by atoms with Crippen LogP contribution in [0.5, 0.6) is 74.7 Å². The van der Waals surface area contributed by atoms with Crippen LogP contribution in [0.2, 0.25) is 0 Å². The Balaban J connectivity index is 1.24. The van der Waals surface area contributed by atoms with Gasteiger partial charge in [0.1, 0.15) is 81.6 Å². The summed E-state index contributed by atoms with van der Waals surface area (Å²) in [5.74, 6) is -9.55. The fourth-order valence-electron chi connectivity index (χ4n) is 9.22. The van der Waals surface area contributed by atoms with E-state index in [9.17, 15) is 61.3 Å². The van der Waals surface area contributed by atoms with Crippen LogP contribution in [-0.4, -0.2) is 79.6 Å². The lowest BCUT2D eigenvalue weighted by atomic mass is 9.71. The van der Waals surface area contributed by atoms with Gasteiger partial charge in [0, 0.05) is 64.1 Å². The van der Waals surface area contributed by atoms with Crippen LogP contribution in [0.15, 0.2) is 91.0 Å². The number of aliphatic hydroxyl groups is 3. The van der Waals surface area contributed by atoms with Gasteiger partial charge >= 0.3 is 5.79 Å². The van der Waals surface area contributed by atoms with Crippen molar-refractivity contribution in [1.29, 1.82) is 0 Å². The summed E-state index contributed by atoms with van der Waals surface area (Å²) in [4.78, 5) is 0. The van der Waals surface area contributed by atoms with Crippen LogP contribution in [0.1, 0.15) is 68.6 Å². The van der Waals surface area contributed by atoms with Crippen molar-refractivity contribution in [2.45, 2.75) is 54.6 Å². The van der Waals surface area contributed by atoms with Crippen molar-refractivity contribution in [1.82, 2.24) is 0 Å². The molecule has 4 heterocycles. The molecule has 2 bridgehead atoms. The van der Waals surface area contributed by atoms with Crippen LogP contribution in [0.25, 0.3) is 0 Å². The van der Waals surface area contributed by atoms with E-state index in [1.807, 2.05) is 0 Å². The molecule has 4 aliphatic rings. The van der Waals surface area contributed by atoms with E-state index in [1.54, 1.807) is 0 Å². The van der Waals surface area contributed by atoms with Gasteiger partial charge in [-0.2, -0.15) is 0 Å². The lowest BCUT2D eigenvalue weighted by molar-refractivity contribution is -0.219. The molecule has 8 atom stereocenters. The van der Waals surface area contributed by atoms with E-state index < -0.39 is 88.4 Å². The minimum absolute atomic E-state index is 0.00981. The van der Waals surface area contributed by atoms with Gasteiger partial charge in [-0.05, 0) is 53.6 Å². The quantitative estimate of drug-likeness (QED) is 0.106. The zero-order valence-electron chi connectivity index (χ0n) is 31.4. The van der Waals surface area contributed by atoms with Crippen LogP contribution in [0.4, 0.5) is 0 Å². The summed E-state index contributed by atoms with van der Waals surface area (Å²) in [7, 11) is 0. The Bertz CT molecular complexity index is 2770. The fraction of sp³-hybridized carbons (Fsp3) is 0.200. The van der Waals surface area contributed by atoms with E-state index in [0.29, 0.717) is 11.1 Å². The van der Waals surface area contributed by atoms with Crippen molar-refractivity contribution < 1.29 is 80.2 Å². The van der Waals surface area contributed by atoms with Crippen LogP contribution >= 0.6 is 0 Å². The minimum atomic E-state index is -2.26. The van der Waals surface area contributed by atoms with E-state index in [-0.39, 0.29) is 74.3 Å². The average Bonchev–Trinajstić information content (AvgIpc) is 3.20. The molecule has 0 fully saturated rings. The molecular weight excluding hydrogens is 796 g/mol. The van der Waals surface area contributed by atoms with Gasteiger partial charge in [0.05, 0.1) is 17.9 Å². The summed E-state index contributed by atoms with van der Waals surface area (Å²) in [5.41, 5.74) is 0.451.